The number of oxime groups is 1. The molecular weight excluding hydrogens is 245 g/mol. The molecule has 0 fully saturated rings. The summed E-state index contributed by atoms with van der Waals surface area (Å²) in [5, 5.41) is 22.2. The van der Waals surface area contributed by atoms with Gasteiger partial charge in [-0.25, -0.2) is 4.39 Å². The summed E-state index contributed by atoms with van der Waals surface area (Å²) in [7, 11) is 0. The molecule has 0 saturated carbocycles. The molecule has 0 aliphatic carbocycles. The van der Waals surface area contributed by atoms with E-state index in [1.807, 2.05) is 20.8 Å². The molecule has 0 aliphatic heterocycles. The van der Waals surface area contributed by atoms with E-state index in [0.29, 0.717) is 25.0 Å². The second kappa shape index (κ2) is 6.66. The van der Waals surface area contributed by atoms with E-state index in [1.54, 1.807) is 12.1 Å². The summed E-state index contributed by atoms with van der Waals surface area (Å²) in [4.78, 5) is 0. The minimum Gasteiger partial charge on any atom is -0.411 e. The second-order valence-electron chi connectivity index (χ2n) is 5.53. The van der Waals surface area contributed by atoms with E-state index < -0.39 is 6.10 Å². The first kappa shape index (κ1) is 15.6. The fraction of sp³-hybridized carbons (Fsp3) is 0.533. The van der Waals surface area contributed by atoms with Gasteiger partial charge in [-0.2, -0.15) is 0 Å². The SMILES string of the molecule is CC/C(CC(O)C(C)(C)Cc1ccc(F)cc1)=N\O. The van der Waals surface area contributed by atoms with E-state index in [4.69, 9.17) is 5.21 Å². The summed E-state index contributed by atoms with van der Waals surface area (Å²) in [6, 6.07) is 6.30. The summed E-state index contributed by atoms with van der Waals surface area (Å²) in [5.74, 6) is -0.261. The van der Waals surface area contributed by atoms with Gasteiger partial charge < -0.3 is 10.3 Å². The van der Waals surface area contributed by atoms with E-state index in [0.717, 1.165) is 5.56 Å². The maximum absolute atomic E-state index is 12.8. The van der Waals surface area contributed by atoms with Crippen molar-refractivity contribution in [3.05, 3.63) is 35.6 Å². The molecule has 1 atom stereocenters. The largest absolute Gasteiger partial charge is 0.411 e. The maximum atomic E-state index is 12.8. The molecule has 1 unspecified atom stereocenters. The van der Waals surface area contributed by atoms with Crippen molar-refractivity contribution < 1.29 is 14.7 Å². The highest BCUT2D eigenvalue weighted by Gasteiger charge is 2.29. The van der Waals surface area contributed by atoms with Crippen LogP contribution in [0, 0.1) is 11.2 Å². The molecule has 0 spiro atoms. The summed E-state index contributed by atoms with van der Waals surface area (Å²) >= 11 is 0. The van der Waals surface area contributed by atoms with Gasteiger partial charge >= 0.3 is 0 Å². The van der Waals surface area contributed by atoms with Gasteiger partial charge in [-0.15, -0.1) is 0 Å². The predicted molar refractivity (Wildman–Crippen MR) is 74.0 cm³/mol. The third kappa shape index (κ3) is 4.63. The Bertz CT molecular complexity index is 426. The Morgan fingerprint density at radius 1 is 1.32 bits per heavy atom. The Labute approximate surface area is 113 Å². The first-order valence-electron chi connectivity index (χ1n) is 6.51. The molecule has 1 aromatic rings. The predicted octanol–water partition coefficient (Wildman–Crippen LogP) is 3.39. The summed E-state index contributed by atoms with van der Waals surface area (Å²) in [5.41, 5.74) is 1.19. The maximum Gasteiger partial charge on any atom is 0.123 e. The Kier molecular flexibility index (Phi) is 5.48. The molecule has 0 aromatic heterocycles. The van der Waals surface area contributed by atoms with Crippen LogP contribution in [0.25, 0.3) is 0 Å². The zero-order valence-corrected chi connectivity index (χ0v) is 11.7. The summed E-state index contributed by atoms with van der Waals surface area (Å²) in [6.07, 6.45) is 0.988. The number of aliphatic hydroxyl groups is 1. The molecule has 106 valence electrons. The van der Waals surface area contributed by atoms with Crippen LogP contribution in [0.4, 0.5) is 4.39 Å². The van der Waals surface area contributed by atoms with Crippen molar-refractivity contribution in [2.75, 3.05) is 0 Å². The molecule has 0 bridgehead atoms. The van der Waals surface area contributed by atoms with Gasteiger partial charge in [0.05, 0.1) is 11.8 Å². The van der Waals surface area contributed by atoms with E-state index in [-0.39, 0.29) is 11.2 Å². The van der Waals surface area contributed by atoms with Gasteiger partial charge in [-0.1, -0.05) is 38.1 Å². The Balaban J connectivity index is 2.71. The molecule has 19 heavy (non-hydrogen) atoms. The fourth-order valence-electron chi connectivity index (χ4n) is 2.00. The highest BCUT2D eigenvalue weighted by atomic mass is 19.1. The molecule has 0 saturated heterocycles. The smallest absolute Gasteiger partial charge is 0.123 e. The van der Waals surface area contributed by atoms with Crippen molar-refractivity contribution in [3.63, 3.8) is 0 Å². The monoisotopic (exact) mass is 267 g/mol. The van der Waals surface area contributed by atoms with Crippen LogP contribution in [0.2, 0.25) is 0 Å². The number of hydrogen-bond acceptors (Lipinski definition) is 3. The molecule has 0 radical (unpaired) electrons. The molecular formula is C15H22FNO2. The average Bonchev–Trinajstić information content (AvgIpc) is 2.38. The van der Waals surface area contributed by atoms with Crippen LogP contribution >= 0.6 is 0 Å². The quantitative estimate of drug-likeness (QED) is 0.471. The van der Waals surface area contributed by atoms with Gasteiger partial charge in [0.1, 0.15) is 5.82 Å². The number of hydrogen-bond donors (Lipinski definition) is 2. The van der Waals surface area contributed by atoms with Crippen LogP contribution in [0.15, 0.2) is 29.4 Å². The van der Waals surface area contributed by atoms with Crippen molar-refractivity contribution in [2.45, 2.75) is 46.1 Å². The third-order valence-electron chi connectivity index (χ3n) is 3.45. The van der Waals surface area contributed by atoms with Crippen LogP contribution in [0.3, 0.4) is 0 Å². The minimum atomic E-state index is -0.608. The van der Waals surface area contributed by atoms with Crippen LogP contribution in [-0.4, -0.2) is 22.1 Å². The topological polar surface area (TPSA) is 52.8 Å². The number of halogens is 1. The van der Waals surface area contributed by atoms with Gasteiger partial charge in [0.15, 0.2) is 0 Å². The molecule has 0 aliphatic rings. The lowest BCUT2D eigenvalue weighted by atomic mass is 9.78. The van der Waals surface area contributed by atoms with E-state index in [9.17, 15) is 9.50 Å². The first-order chi connectivity index (χ1) is 8.89. The standard InChI is InChI=1S/C15H22FNO2/c1-4-13(17-19)9-14(18)15(2,3)10-11-5-7-12(16)8-6-11/h5-8,14,18-19H,4,9-10H2,1-3H3/b17-13+. The average molecular weight is 267 g/mol. The van der Waals surface area contributed by atoms with Crippen molar-refractivity contribution in [1.29, 1.82) is 0 Å². The summed E-state index contributed by atoms with van der Waals surface area (Å²) in [6.45, 7) is 5.78. The van der Waals surface area contributed by atoms with Gasteiger partial charge in [0.2, 0.25) is 0 Å². The van der Waals surface area contributed by atoms with Gasteiger partial charge in [0, 0.05) is 6.42 Å². The second-order valence-corrected chi connectivity index (χ2v) is 5.53. The number of nitrogens with zero attached hydrogens (tertiary/aromatic N) is 1. The fourth-order valence-corrected chi connectivity index (χ4v) is 2.00. The highest BCUT2D eigenvalue weighted by Crippen LogP contribution is 2.28. The Morgan fingerprint density at radius 3 is 2.37 bits per heavy atom. The number of aliphatic hydroxyl groups excluding tert-OH is 1. The number of benzene rings is 1. The van der Waals surface area contributed by atoms with Crippen LogP contribution in [0.5, 0.6) is 0 Å². The summed E-state index contributed by atoms with van der Waals surface area (Å²) < 4.78 is 12.8. The first-order valence-corrected chi connectivity index (χ1v) is 6.51. The molecule has 0 amide bonds. The van der Waals surface area contributed by atoms with E-state index in [2.05, 4.69) is 5.16 Å². The molecule has 2 N–H and O–H groups in total. The lowest BCUT2D eigenvalue weighted by molar-refractivity contribution is 0.0556. The highest BCUT2D eigenvalue weighted by molar-refractivity contribution is 5.84. The van der Waals surface area contributed by atoms with Crippen molar-refractivity contribution in [1.82, 2.24) is 0 Å². The van der Waals surface area contributed by atoms with Crippen molar-refractivity contribution in [3.8, 4) is 0 Å². The molecule has 4 heteroatoms. The zero-order valence-electron chi connectivity index (χ0n) is 11.7. The lowest BCUT2D eigenvalue weighted by Crippen LogP contribution is -2.33. The van der Waals surface area contributed by atoms with Crippen molar-refractivity contribution in [2.24, 2.45) is 10.6 Å². The minimum absolute atomic E-state index is 0.261. The Hall–Kier alpha value is -1.42. The molecule has 1 aromatic carbocycles. The van der Waals surface area contributed by atoms with Crippen LogP contribution in [0.1, 0.15) is 39.2 Å². The normalized spacial score (nSPS) is 14.5. The lowest BCUT2D eigenvalue weighted by Gasteiger charge is -2.31. The zero-order chi connectivity index (χ0) is 14.5. The third-order valence-corrected chi connectivity index (χ3v) is 3.45. The van der Waals surface area contributed by atoms with Crippen molar-refractivity contribution >= 4 is 5.71 Å². The van der Waals surface area contributed by atoms with Gasteiger partial charge in [-0.3, -0.25) is 0 Å². The van der Waals surface area contributed by atoms with E-state index >= 15 is 0 Å². The van der Waals surface area contributed by atoms with Gasteiger partial charge in [0.25, 0.3) is 0 Å². The number of rotatable bonds is 6. The van der Waals surface area contributed by atoms with Gasteiger partial charge in [-0.05, 0) is 36.0 Å². The van der Waals surface area contributed by atoms with Crippen LogP contribution < -0.4 is 0 Å². The Morgan fingerprint density at radius 2 is 1.89 bits per heavy atom. The van der Waals surface area contributed by atoms with E-state index in [1.165, 1.54) is 12.1 Å². The molecule has 1 rings (SSSR count). The van der Waals surface area contributed by atoms with Crippen LogP contribution in [-0.2, 0) is 6.42 Å². The molecule has 3 nitrogen and oxygen atoms in total. The molecule has 0 heterocycles.